The Labute approximate surface area is 130 Å². The lowest BCUT2D eigenvalue weighted by Crippen LogP contribution is -2.53. The molecular weight excluding hydrogens is 258 g/mol. The standard InChI is InChI=1S/C18H31N3/c1-13-9-15(3)18(10-14(13)2)16(4)19-11-17-12-20(5)7-8-21(17)6/h9-10,16-17,19H,7-8,11-12H2,1-6H3. The topological polar surface area (TPSA) is 18.5 Å². The maximum absolute atomic E-state index is 3.74. The Hall–Kier alpha value is -0.900. The number of benzene rings is 1. The third-order valence-electron chi connectivity index (χ3n) is 4.99. The van der Waals surface area contributed by atoms with Crippen LogP contribution in [0, 0.1) is 20.8 Å². The Morgan fingerprint density at radius 2 is 1.76 bits per heavy atom. The number of nitrogens with one attached hydrogen (secondary N) is 1. The highest BCUT2D eigenvalue weighted by atomic mass is 15.3. The predicted octanol–water partition coefficient (Wildman–Crippen LogP) is 2.51. The number of likely N-dealkylation sites (N-methyl/N-ethyl adjacent to an activating group) is 2. The average Bonchev–Trinajstić information content (AvgIpc) is 2.43. The quantitative estimate of drug-likeness (QED) is 0.919. The summed E-state index contributed by atoms with van der Waals surface area (Å²) in [5.41, 5.74) is 5.60. The lowest BCUT2D eigenvalue weighted by atomic mass is 9.96. The van der Waals surface area contributed by atoms with Crippen molar-refractivity contribution in [2.75, 3.05) is 40.3 Å². The second kappa shape index (κ2) is 6.91. The van der Waals surface area contributed by atoms with Gasteiger partial charge in [-0.3, -0.25) is 4.90 Å². The molecule has 21 heavy (non-hydrogen) atoms. The molecule has 1 saturated heterocycles. The van der Waals surface area contributed by atoms with Gasteiger partial charge in [0.25, 0.3) is 0 Å². The smallest absolute Gasteiger partial charge is 0.0345 e. The summed E-state index contributed by atoms with van der Waals surface area (Å²) >= 11 is 0. The van der Waals surface area contributed by atoms with E-state index in [9.17, 15) is 0 Å². The molecule has 1 aliphatic heterocycles. The highest BCUT2D eigenvalue weighted by Crippen LogP contribution is 2.21. The summed E-state index contributed by atoms with van der Waals surface area (Å²) in [7, 11) is 4.46. The molecule has 2 atom stereocenters. The summed E-state index contributed by atoms with van der Waals surface area (Å²) < 4.78 is 0. The number of aryl methyl sites for hydroxylation is 3. The molecule has 1 N–H and O–H groups in total. The zero-order valence-corrected chi connectivity index (χ0v) is 14.5. The summed E-state index contributed by atoms with van der Waals surface area (Å²) in [5.74, 6) is 0. The maximum atomic E-state index is 3.74. The molecule has 1 aromatic carbocycles. The summed E-state index contributed by atoms with van der Waals surface area (Å²) in [4.78, 5) is 4.91. The lowest BCUT2D eigenvalue weighted by Gasteiger charge is -2.38. The van der Waals surface area contributed by atoms with Gasteiger partial charge in [-0.1, -0.05) is 12.1 Å². The average molecular weight is 289 g/mol. The van der Waals surface area contributed by atoms with E-state index in [1.807, 2.05) is 0 Å². The van der Waals surface area contributed by atoms with E-state index >= 15 is 0 Å². The van der Waals surface area contributed by atoms with Gasteiger partial charge in [0.15, 0.2) is 0 Å². The minimum atomic E-state index is 0.407. The molecule has 1 fully saturated rings. The molecule has 1 aliphatic rings. The van der Waals surface area contributed by atoms with Gasteiger partial charge in [0.05, 0.1) is 0 Å². The van der Waals surface area contributed by atoms with Crippen LogP contribution in [-0.4, -0.2) is 56.1 Å². The summed E-state index contributed by atoms with van der Waals surface area (Å²) in [6, 6.07) is 5.67. The van der Waals surface area contributed by atoms with Crippen LogP contribution in [-0.2, 0) is 0 Å². The van der Waals surface area contributed by atoms with Crippen LogP contribution in [0.25, 0.3) is 0 Å². The minimum Gasteiger partial charge on any atom is -0.309 e. The van der Waals surface area contributed by atoms with Crippen LogP contribution >= 0.6 is 0 Å². The van der Waals surface area contributed by atoms with Gasteiger partial charge >= 0.3 is 0 Å². The molecule has 2 rings (SSSR count). The SMILES string of the molecule is Cc1cc(C)c(C(C)NCC2CN(C)CCN2C)cc1C. The molecule has 0 bridgehead atoms. The predicted molar refractivity (Wildman–Crippen MR) is 91.0 cm³/mol. The molecule has 0 spiro atoms. The highest BCUT2D eigenvalue weighted by molar-refractivity contribution is 5.38. The van der Waals surface area contributed by atoms with E-state index in [-0.39, 0.29) is 0 Å². The van der Waals surface area contributed by atoms with E-state index in [2.05, 4.69) is 69.0 Å². The molecular formula is C18H31N3. The first-order valence-electron chi connectivity index (χ1n) is 8.08. The van der Waals surface area contributed by atoms with E-state index in [0.29, 0.717) is 12.1 Å². The third-order valence-corrected chi connectivity index (χ3v) is 4.99. The van der Waals surface area contributed by atoms with Crippen LogP contribution < -0.4 is 5.32 Å². The Balaban J connectivity index is 1.98. The summed E-state index contributed by atoms with van der Waals surface area (Å²) in [6.07, 6.45) is 0. The Morgan fingerprint density at radius 1 is 1.10 bits per heavy atom. The normalized spacial score (nSPS) is 22.5. The molecule has 3 nitrogen and oxygen atoms in total. The van der Waals surface area contributed by atoms with Gasteiger partial charge in [-0.25, -0.2) is 0 Å². The molecule has 0 amide bonds. The number of piperazine rings is 1. The van der Waals surface area contributed by atoms with Gasteiger partial charge in [-0.15, -0.1) is 0 Å². The fourth-order valence-corrected chi connectivity index (χ4v) is 3.19. The van der Waals surface area contributed by atoms with Crippen LogP contribution in [0.15, 0.2) is 12.1 Å². The first-order chi connectivity index (χ1) is 9.88. The van der Waals surface area contributed by atoms with E-state index < -0.39 is 0 Å². The summed E-state index contributed by atoms with van der Waals surface area (Å²) in [6.45, 7) is 13.4. The van der Waals surface area contributed by atoms with Gasteiger partial charge in [-0.2, -0.15) is 0 Å². The van der Waals surface area contributed by atoms with Gasteiger partial charge in [0, 0.05) is 38.3 Å². The molecule has 0 aliphatic carbocycles. The first kappa shape index (κ1) is 16.5. The molecule has 2 unspecified atom stereocenters. The second-order valence-electron chi connectivity index (χ2n) is 6.82. The Kier molecular flexibility index (Phi) is 5.42. The van der Waals surface area contributed by atoms with Gasteiger partial charge in [0.2, 0.25) is 0 Å². The van der Waals surface area contributed by atoms with E-state index in [1.54, 1.807) is 0 Å². The fourth-order valence-electron chi connectivity index (χ4n) is 3.19. The van der Waals surface area contributed by atoms with Crippen molar-refractivity contribution in [3.05, 3.63) is 34.4 Å². The molecule has 3 heteroatoms. The second-order valence-corrected chi connectivity index (χ2v) is 6.82. The number of nitrogens with zero attached hydrogens (tertiary/aromatic N) is 2. The molecule has 1 aromatic rings. The van der Waals surface area contributed by atoms with Crippen molar-refractivity contribution in [3.8, 4) is 0 Å². The number of hydrogen-bond donors (Lipinski definition) is 1. The Morgan fingerprint density at radius 3 is 2.48 bits per heavy atom. The van der Waals surface area contributed by atoms with Crippen LogP contribution in [0.5, 0.6) is 0 Å². The van der Waals surface area contributed by atoms with Crippen molar-refractivity contribution in [1.82, 2.24) is 15.1 Å². The zero-order chi connectivity index (χ0) is 15.6. The van der Waals surface area contributed by atoms with Crippen molar-refractivity contribution < 1.29 is 0 Å². The number of hydrogen-bond acceptors (Lipinski definition) is 3. The third kappa shape index (κ3) is 4.06. The molecule has 1 heterocycles. The fraction of sp³-hybridized carbons (Fsp3) is 0.667. The van der Waals surface area contributed by atoms with Crippen molar-refractivity contribution in [2.24, 2.45) is 0 Å². The van der Waals surface area contributed by atoms with E-state index in [0.717, 1.165) is 13.1 Å². The van der Waals surface area contributed by atoms with E-state index in [1.165, 1.54) is 35.3 Å². The van der Waals surface area contributed by atoms with Crippen LogP contribution in [0.4, 0.5) is 0 Å². The zero-order valence-electron chi connectivity index (χ0n) is 14.5. The monoisotopic (exact) mass is 289 g/mol. The van der Waals surface area contributed by atoms with Crippen molar-refractivity contribution in [1.29, 1.82) is 0 Å². The van der Waals surface area contributed by atoms with Gasteiger partial charge in [-0.05, 0) is 64.0 Å². The largest absolute Gasteiger partial charge is 0.309 e. The highest BCUT2D eigenvalue weighted by Gasteiger charge is 2.22. The molecule has 0 aromatic heterocycles. The van der Waals surface area contributed by atoms with Crippen LogP contribution in [0.3, 0.4) is 0 Å². The minimum absolute atomic E-state index is 0.407. The Bertz CT molecular complexity index is 484. The molecule has 118 valence electrons. The van der Waals surface area contributed by atoms with Crippen LogP contribution in [0.1, 0.15) is 35.2 Å². The van der Waals surface area contributed by atoms with E-state index in [4.69, 9.17) is 0 Å². The van der Waals surface area contributed by atoms with Crippen LogP contribution in [0.2, 0.25) is 0 Å². The molecule has 0 radical (unpaired) electrons. The first-order valence-corrected chi connectivity index (χ1v) is 8.08. The number of rotatable bonds is 4. The van der Waals surface area contributed by atoms with Gasteiger partial charge < -0.3 is 10.2 Å². The van der Waals surface area contributed by atoms with Crippen molar-refractivity contribution in [2.45, 2.75) is 39.8 Å². The molecule has 0 saturated carbocycles. The maximum Gasteiger partial charge on any atom is 0.0345 e. The summed E-state index contributed by atoms with van der Waals surface area (Å²) in [5, 5.41) is 3.74. The van der Waals surface area contributed by atoms with Crippen molar-refractivity contribution in [3.63, 3.8) is 0 Å². The van der Waals surface area contributed by atoms with Crippen molar-refractivity contribution >= 4 is 0 Å². The lowest BCUT2D eigenvalue weighted by molar-refractivity contribution is 0.112. The van der Waals surface area contributed by atoms with Gasteiger partial charge in [0.1, 0.15) is 0 Å².